The number of hydrogen-bond acceptors (Lipinski definition) is 6. The van der Waals surface area contributed by atoms with Crippen molar-refractivity contribution in [1.29, 1.82) is 0 Å². The minimum Gasteiger partial charge on any atom is -0.463 e. The van der Waals surface area contributed by atoms with Crippen molar-refractivity contribution >= 4 is 5.97 Å². The van der Waals surface area contributed by atoms with Gasteiger partial charge in [-0.1, -0.05) is 27.7 Å². The minimum absolute atomic E-state index is 0.0246. The third-order valence-corrected chi connectivity index (χ3v) is 2.95. The van der Waals surface area contributed by atoms with E-state index in [-0.39, 0.29) is 24.6 Å². The zero-order chi connectivity index (χ0) is 17.6. The predicted molar refractivity (Wildman–Crippen MR) is 88.4 cm³/mol. The van der Waals surface area contributed by atoms with Gasteiger partial charge in [0.25, 0.3) is 0 Å². The minimum atomic E-state index is -0.164. The van der Waals surface area contributed by atoms with Crippen LogP contribution in [0.5, 0.6) is 0 Å². The number of aliphatic hydroxyl groups is 1. The molecule has 0 radical (unpaired) electrons. The van der Waals surface area contributed by atoms with Gasteiger partial charge in [-0.15, -0.1) is 0 Å². The first-order chi connectivity index (χ1) is 10.8. The Morgan fingerprint density at radius 3 is 1.87 bits per heavy atom. The molecule has 0 aromatic carbocycles. The van der Waals surface area contributed by atoms with Gasteiger partial charge in [-0.3, -0.25) is 4.79 Å². The van der Waals surface area contributed by atoms with Crippen molar-refractivity contribution in [3.05, 3.63) is 0 Å². The van der Waals surface area contributed by atoms with E-state index < -0.39 is 0 Å². The number of esters is 1. The molecule has 0 aromatic rings. The molecule has 0 amide bonds. The van der Waals surface area contributed by atoms with E-state index in [2.05, 4.69) is 27.7 Å². The Balaban J connectivity index is 3.36. The van der Waals surface area contributed by atoms with Gasteiger partial charge in [0.15, 0.2) is 0 Å². The van der Waals surface area contributed by atoms with Crippen LogP contribution >= 0.6 is 0 Å². The van der Waals surface area contributed by atoms with Gasteiger partial charge >= 0.3 is 5.97 Å². The van der Waals surface area contributed by atoms with Gasteiger partial charge in [0.2, 0.25) is 0 Å². The Morgan fingerprint density at radius 2 is 1.39 bits per heavy atom. The van der Waals surface area contributed by atoms with Gasteiger partial charge in [0.1, 0.15) is 6.61 Å². The zero-order valence-corrected chi connectivity index (χ0v) is 15.1. The highest BCUT2D eigenvalue weighted by Crippen LogP contribution is 2.25. The third-order valence-electron chi connectivity index (χ3n) is 2.95. The molecule has 0 bridgehead atoms. The number of ether oxygens (including phenoxy) is 4. The van der Waals surface area contributed by atoms with E-state index in [1.807, 2.05) is 0 Å². The molecule has 1 unspecified atom stereocenters. The smallest absolute Gasteiger partial charge is 0.306 e. The van der Waals surface area contributed by atoms with Crippen molar-refractivity contribution in [2.45, 2.75) is 40.5 Å². The topological polar surface area (TPSA) is 74.2 Å². The van der Waals surface area contributed by atoms with Crippen molar-refractivity contribution in [2.24, 2.45) is 11.3 Å². The van der Waals surface area contributed by atoms with Crippen LogP contribution in [0.2, 0.25) is 0 Å². The lowest BCUT2D eigenvalue weighted by Crippen LogP contribution is -2.18. The van der Waals surface area contributed by atoms with E-state index in [0.717, 1.165) is 6.42 Å². The maximum absolute atomic E-state index is 11.7. The summed E-state index contributed by atoms with van der Waals surface area (Å²) in [6.45, 7) is 11.5. The SMILES string of the molecule is CC(CC(=O)OCCOCCOCCOCCO)CC(C)(C)C. The number of aliphatic hydroxyl groups excluding tert-OH is 1. The maximum Gasteiger partial charge on any atom is 0.306 e. The Bertz CT molecular complexity index is 287. The van der Waals surface area contributed by atoms with Gasteiger partial charge in [0, 0.05) is 6.42 Å². The average molecular weight is 334 g/mol. The monoisotopic (exact) mass is 334 g/mol. The maximum atomic E-state index is 11.7. The largest absolute Gasteiger partial charge is 0.463 e. The second-order valence-electron chi connectivity index (χ2n) is 6.86. The van der Waals surface area contributed by atoms with E-state index in [9.17, 15) is 4.79 Å². The lowest BCUT2D eigenvalue weighted by molar-refractivity contribution is -0.146. The Labute approximate surface area is 140 Å². The molecule has 0 heterocycles. The summed E-state index contributed by atoms with van der Waals surface area (Å²) >= 11 is 0. The zero-order valence-electron chi connectivity index (χ0n) is 15.1. The van der Waals surface area contributed by atoms with Crippen LogP contribution in [0.4, 0.5) is 0 Å². The molecule has 0 aliphatic rings. The molecule has 0 spiro atoms. The number of carbonyl (C=O) groups is 1. The van der Waals surface area contributed by atoms with Gasteiger partial charge in [-0.2, -0.15) is 0 Å². The lowest BCUT2D eigenvalue weighted by Gasteiger charge is -2.22. The van der Waals surface area contributed by atoms with E-state index in [0.29, 0.717) is 52.0 Å². The summed E-state index contributed by atoms with van der Waals surface area (Å²) in [5.41, 5.74) is 0.228. The van der Waals surface area contributed by atoms with Crippen molar-refractivity contribution in [1.82, 2.24) is 0 Å². The molecule has 6 heteroatoms. The molecule has 1 N–H and O–H groups in total. The highest BCUT2D eigenvalue weighted by atomic mass is 16.6. The van der Waals surface area contributed by atoms with Crippen LogP contribution in [0.25, 0.3) is 0 Å². The Kier molecular flexibility index (Phi) is 13.3. The van der Waals surface area contributed by atoms with Crippen molar-refractivity contribution in [2.75, 3.05) is 52.9 Å². The Hall–Kier alpha value is -0.690. The van der Waals surface area contributed by atoms with Crippen LogP contribution in [0.3, 0.4) is 0 Å². The summed E-state index contributed by atoms with van der Waals surface area (Å²) in [7, 11) is 0. The molecule has 1 atom stereocenters. The van der Waals surface area contributed by atoms with E-state index >= 15 is 0 Å². The summed E-state index contributed by atoms with van der Waals surface area (Å²) in [5, 5.41) is 8.50. The number of rotatable bonds is 14. The second kappa shape index (κ2) is 13.7. The summed E-state index contributed by atoms with van der Waals surface area (Å²) < 4.78 is 20.8. The van der Waals surface area contributed by atoms with E-state index in [1.54, 1.807) is 0 Å². The molecule has 0 aliphatic carbocycles. The second-order valence-corrected chi connectivity index (χ2v) is 6.86. The molecule has 23 heavy (non-hydrogen) atoms. The van der Waals surface area contributed by atoms with Gasteiger partial charge in [0.05, 0.1) is 46.2 Å². The van der Waals surface area contributed by atoms with Gasteiger partial charge in [-0.05, 0) is 17.8 Å². The molecule has 0 aromatic heterocycles. The lowest BCUT2D eigenvalue weighted by atomic mass is 9.84. The van der Waals surface area contributed by atoms with Gasteiger partial charge < -0.3 is 24.1 Å². The first-order valence-electron chi connectivity index (χ1n) is 8.35. The molecule has 0 saturated heterocycles. The molecule has 0 rings (SSSR count). The number of hydrogen-bond donors (Lipinski definition) is 1. The summed E-state index contributed by atoms with van der Waals surface area (Å²) in [6, 6.07) is 0. The fourth-order valence-corrected chi connectivity index (χ4v) is 2.28. The highest BCUT2D eigenvalue weighted by Gasteiger charge is 2.18. The molecular weight excluding hydrogens is 300 g/mol. The quantitative estimate of drug-likeness (QED) is 0.387. The average Bonchev–Trinajstić information content (AvgIpc) is 2.42. The summed E-state index contributed by atoms with van der Waals surface area (Å²) in [5.74, 6) is 0.160. The molecule has 0 fully saturated rings. The Morgan fingerprint density at radius 1 is 0.913 bits per heavy atom. The van der Waals surface area contributed by atoms with Crippen molar-refractivity contribution < 1.29 is 28.8 Å². The molecule has 6 nitrogen and oxygen atoms in total. The fourth-order valence-electron chi connectivity index (χ4n) is 2.28. The van der Waals surface area contributed by atoms with E-state index in [1.165, 1.54) is 0 Å². The van der Waals surface area contributed by atoms with Crippen molar-refractivity contribution in [3.63, 3.8) is 0 Å². The molecular formula is C17H34O6. The first-order valence-corrected chi connectivity index (χ1v) is 8.35. The van der Waals surface area contributed by atoms with Crippen molar-refractivity contribution in [3.8, 4) is 0 Å². The number of carbonyl (C=O) groups excluding carboxylic acids is 1. The molecule has 0 aliphatic heterocycles. The van der Waals surface area contributed by atoms with Crippen LogP contribution in [0.15, 0.2) is 0 Å². The third kappa shape index (κ3) is 17.5. The molecule has 138 valence electrons. The van der Waals surface area contributed by atoms with Crippen LogP contribution in [-0.2, 0) is 23.7 Å². The first kappa shape index (κ1) is 22.3. The highest BCUT2D eigenvalue weighted by molar-refractivity contribution is 5.69. The normalized spacial score (nSPS) is 13.1. The summed E-state index contributed by atoms with van der Waals surface area (Å²) in [6.07, 6.45) is 1.45. The van der Waals surface area contributed by atoms with E-state index in [4.69, 9.17) is 24.1 Å². The van der Waals surface area contributed by atoms with Crippen LogP contribution in [0, 0.1) is 11.3 Å². The van der Waals surface area contributed by atoms with Crippen LogP contribution in [-0.4, -0.2) is 63.9 Å². The van der Waals surface area contributed by atoms with Crippen LogP contribution in [0.1, 0.15) is 40.5 Å². The summed E-state index contributed by atoms with van der Waals surface area (Å²) in [4.78, 5) is 11.7. The molecule has 0 saturated carbocycles. The standard InChI is InChI=1S/C17H34O6/c1-15(14-17(2,3)4)13-16(19)23-12-11-22-10-9-21-8-7-20-6-5-18/h15,18H,5-14H2,1-4H3. The van der Waals surface area contributed by atoms with Gasteiger partial charge in [-0.25, -0.2) is 0 Å². The fraction of sp³-hybridized carbons (Fsp3) is 0.941. The van der Waals surface area contributed by atoms with Crippen LogP contribution < -0.4 is 0 Å². The predicted octanol–water partition coefficient (Wildman–Crippen LogP) is 2.03.